The summed E-state index contributed by atoms with van der Waals surface area (Å²) in [5, 5.41) is 5.62. The van der Waals surface area contributed by atoms with Crippen LogP contribution in [0, 0.1) is 0 Å². The second-order valence-electron chi connectivity index (χ2n) is 5.69. The second kappa shape index (κ2) is 7.45. The summed E-state index contributed by atoms with van der Waals surface area (Å²) in [6, 6.07) is 4.29. The first-order valence-electron chi connectivity index (χ1n) is 7.55. The molecule has 0 radical (unpaired) electrons. The molecule has 1 aromatic carbocycles. The quantitative estimate of drug-likeness (QED) is 0.849. The van der Waals surface area contributed by atoms with Crippen LogP contribution in [0.5, 0.6) is 0 Å². The molecule has 2 N–H and O–H groups in total. The number of nitrogens with one attached hydrogen (secondary N) is 2. The van der Waals surface area contributed by atoms with Gasteiger partial charge in [-0.3, -0.25) is 9.59 Å². The Balaban J connectivity index is 0.00000225. The van der Waals surface area contributed by atoms with E-state index in [1.807, 2.05) is 6.08 Å². The molecule has 0 aliphatic carbocycles. The minimum absolute atomic E-state index is 0. The normalized spacial score (nSPS) is 19.1. The van der Waals surface area contributed by atoms with Gasteiger partial charge in [0.05, 0.1) is 12.1 Å². The predicted octanol–water partition coefficient (Wildman–Crippen LogP) is 1.94. The molecule has 1 fully saturated rings. The van der Waals surface area contributed by atoms with Crippen molar-refractivity contribution < 1.29 is 22.8 Å². The molecule has 9 heteroatoms. The van der Waals surface area contributed by atoms with E-state index in [2.05, 4.69) is 10.6 Å². The number of alkyl halides is 3. The van der Waals surface area contributed by atoms with Crippen LogP contribution in [0.15, 0.2) is 36.0 Å². The molecule has 0 saturated carbocycles. The highest BCUT2D eigenvalue weighted by Crippen LogP contribution is 2.29. The standard InChI is InChI=1S/C16H16F3N3O2.ClH/c17-16(18,19)11-3-1-2-10(8-11)15(24)21-9-14(23)22-7-5-12-13(22)4-6-20-12;/h1-4,8,12,20H,5-7,9H2,(H,21,24);1H. The Hall–Kier alpha value is -2.06. The zero-order valence-corrected chi connectivity index (χ0v) is 13.9. The van der Waals surface area contributed by atoms with E-state index >= 15 is 0 Å². The molecule has 5 nitrogen and oxygen atoms in total. The number of amides is 2. The van der Waals surface area contributed by atoms with Crippen molar-refractivity contribution >= 4 is 24.2 Å². The van der Waals surface area contributed by atoms with Gasteiger partial charge < -0.3 is 15.5 Å². The van der Waals surface area contributed by atoms with E-state index in [0.29, 0.717) is 13.1 Å². The third-order valence-electron chi connectivity index (χ3n) is 4.14. The fraction of sp³-hybridized carbons (Fsp3) is 0.375. The average molecular weight is 376 g/mol. The van der Waals surface area contributed by atoms with Gasteiger partial charge in [-0.15, -0.1) is 12.4 Å². The Bertz CT molecular complexity index is 706. The number of carbonyl (C=O) groups is 2. The van der Waals surface area contributed by atoms with Crippen molar-refractivity contribution in [1.82, 2.24) is 15.5 Å². The first kappa shape index (κ1) is 19.3. The maximum absolute atomic E-state index is 12.7. The van der Waals surface area contributed by atoms with Gasteiger partial charge in [-0.1, -0.05) is 6.07 Å². The highest BCUT2D eigenvalue weighted by Gasteiger charge is 2.34. The highest BCUT2D eigenvalue weighted by molar-refractivity contribution is 5.96. The molecule has 2 amide bonds. The molecule has 2 aliphatic heterocycles. The van der Waals surface area contributed by atoms with Gasteiger partial charge in [0.2, 0.25) is 5.91 Å². The largest absolute Gasteiger partial charge is 0.416 e. The van der Waals surface area contributed by atoms with Crippen LogP contribution in [0.2, 0.25) is 0 Å². The number of hydrogen-bond acceptors (Lipinski definition) is 3. The van der Waals surface area contributed by atoms with E-state index in [1.54, 1.807) is 4.90 Å². The molecule has 0 aromatic heterocycles. The number of halogens is 4. The molecule has 25 heavy (non-hydrogen) atoms. The van der Waals surface area contributed by atoms with E-state index in [9.17, 15) is 22.8 Å². The number of rotatable bonds is 3. The fourth-order valence-corrected chi connectivity index (χ4v) is 2.95. The van der Waals surface area contributed by atoms with Gasteiger partial charge in [0.15, 0.2) is 0 Å². The summed E-state index contributed by atoms with van der Waals surface area (Å²) in [4.78, 5) is 25.8. The van der Waals surface area contributed by atoms with Crippen LogP contribution < -0.4 is 10.6 Å². The number of nitrogens with zero attached hydrogens (tertiary/aromatic N) is 1. The van der Waals surface area contributed by atoms with E-state index in [0.717, 1.165) is 24.3 Å². The topological polar surface area (TPSA) is 61.4 Å². The number of hydrogen-bond donors (Lipinski definition) is 2. The van der Waals surface area contributed by atoms with Crippen LogP contribution in [-0.2, 0) is 11.0 Å². The molecule has 3 rings (SSSR count). The zero-order valence-electron chi connectivity index (χ0n) is 13.1. The van der Waals surface area contributed by atoms with Crippen LogP contribution in [0.3, 0.4) is 0 Å². The Labute approximate surface area is 148 Å². The summed E-state index contributed by atoms with van der Waals surface area (Å²) in [5.74, 6) is -0.975. The number of likely N-dealkylation sites (tertiary alicyclic amines) is 1. The van der Waals surface area contributed by atoms with Gasteiger partial charge in [0, 0.05) is 30.4 Å². The molecule has 1 atom stereocenters. The molecule has 0 spiro atoms. The van der Waals surface area contributed by atoms with E-state index in [1.165, 1.54) is 12.1 Å². The van der Waals surface area contributed by atoms with Crippen LogP contribution in [0.1, 0.15) is 22.3 Å². The lowest BCUT2D eigenvalue weighted by Crippen LogP contribution is -2.38. The Morgan fingerprint density at radius 1 is 1.32 bits per heavy atom. The maximum atomic E-state index is 12.7. The molecule has 0 bridgehead atoms. The predicted molar refractivity (Wildman–Crippen MR) is 87.2 cm³/mol. The van der Waals surface area contributed by atoms with Gasteiger partial charge in [-0.2, -0.15) is 13.2 Å². The second-order valence-corrected chi connectivity index (χ2v) is 5.69. The van der Waals surface area contributed by atoms with Crippen LogP contribution in [0.4, 0.5) is 13.2 Å². The molecule has 1 saturated heterocycles. The lowest BCUT2D eigenvalue weighted by Gasteiger charge is -2.18. The van der Waals surface area contributed by atoms with Gasteiger partial charge in [-0.05, 0) is 30.7 Å². The third-order valence-corrected chi connectivity index (χ3v) is 4.14. The minimum atomic E-state index is -4.52. The Morgan fingerprint density at radius 3 is 2.80 bits per heavy atom. The van der Waals surface area contributed by atoms with E-state index in [-0.39, 0.29) is 36.5 Å². The van der Waals surface area contributed by atoms with Crippen molar-refractivity contribution in [2.75, 3.05) is 19.6 Å². The summed E-state index contributed by atoms with van der Waals surface area (Å²) in [5.41, 5.74) is -0.113. The lowest BCUT2D eigenvalue weighted by molar-refractivity contribution is -0.137. The first-order chi connectivity index (χ1) is 11.4. The van der Waals surface area contributed by atoms with Crippen molar-refractivity contribution in [3.63, 3.8) is 0 Å². The number of fused-ring (bicyclic) bond motifs is 1. The highest BCUT2D eigenvalue weighted by atomic mass is 35.5. The maximum Gasteiger partial charge on any atom is 0.416 e. The summed E-state index contributed by atoms with van der Waals surface area (Å²) < 4.78 is 38.0. The van der Waals surface area contributed by atoms with Crippen LogP contribution in [-0.4, -0.2) is 42.4 Å². The lowest BCUT2D eigenvalue weighted by atomic mass is 10.1. The Kier molecular flexibility index (Phi) is 5.74. The summed E-state index contributed by atoms with van der Waals surface area (Å²) in [6.07, 6.45) is -1.76. The van der Waals surface area contributed by atoms with Gasteiger partial charge in [0.1, 0.15) is 0 Å². The van der Waals surface area contributed by atoms with Crippen LogP contribution >= 0.6 is 12.4 Å². The zero-order chi connectivity index (χ0) is 17.3. The minimum Gasteiger partial charge on any atom is -0.343 e. The smallest absolute Gasteiger partial charge is 0.343 e. The summed E-state index contributed by atoms with van der Waals surface area (Å²) in [6.45, 7) is 1.03. The molecular weight excluding hydrogens is 359 g/mol. The third kappa shape index (κ3) is 4.13. The summed E-state index contributed by atoms with van der Waals surface area (Å²) >= 11 is 0. The molecule has 2 aliphatic rings. The van der Waals surface area contributed by atoms with E-state index in [4.69, 9.17) is 0 Å². The first-order valence-corrected chi connectivity index (χ1v) is 7.55. The number of carbonyl (C=O) groups excluding carboxylic acids is 2. The van der Waals surface area contributed by atoms with Crippen molar-refractivity contribution in [3.05, 3.63) is 47.2 Å². The van der Waals surface area contributed by atoms with Crippen molar-refractivity contribution in [3.8, 4) is 0 Å². The Morgan fingerprint density at radius 2 is 2.08 bits per heavy atom. The van der Waals surface area contributed by atoms with Crippen molar-refractivity contribution in [1.29, 1.82) is 0 Å². The summed E-state index contributed by atoms with van der Waals surface area (Å²) in [7, 11) is 0. The van der Waals surface area contributed by atoms with Gasteiger partial charge >= 0.3 is 6.18 Å². The van der Waals surface area contributed by atoms with Crippen molar-refractivity contribution in [2.45, 2.75) is 18.6 Å². The SMILES string of the molecule is Cl.O=C(NCC(=O)N1CCC2NCC=C21)c1cccc(C(F)(F)F)c1. The van der Waals surface area contributed by atoms with Crippen LogP contribution in [0.25, 0.3) is 0 Å². The average Bonchev–Trinajstić information content (AvgIpc) is 3.14. The molecule has 136 valence electrons. The molecular formula is C16H17ClF3N3O2. The van der Waals surface area contributed by atoms with Gasteiger partial charge in [0.25, 0.3) is 5.91 Å². The molecule has 2 heterocycles. The van der Waals surface area contributed by atoms with E-state index < -0.39 is 17.6 Å². The fourth-order valence-electron chi connectivity index (χ4n) is 2.95. The number of benzene rings is 1. The molecule has 1 aromatic rings. The van der Waals surface area contributed by atoms with Gasteiger partial charge in [-0.25, -0.2) is 0 Å². The van der Waals surface area contributed by atoms with Crippen molar-refractivity contribution in [2.24, 2.45) is 0 Å². The monoisotopic (exact) mass is 375 g/mol. The molecule has 1 unspecified atom stereocenters.